The summed E-state index contributed by atoms with van der Waals surface area (Å²) in [5.74, 6) is -0.276. The molecule has 20 heavy (non-hydrogen) atoms. The normalized spacial score (nSPS) is 12.7. The highest BCUT2D eigenvalue weighted by Gasteiger charge is 2.19. The van der Waals surface area contributed by atoms with Crippen LogP contribution in [0.3, 0.4) is 0 Å². The molecule has 0 aliphatic carbocycles. The van der Waals surface area contributed by atoms with Crippen molar-refractivity contribution in [2.45, 2.75) is 19.4 Å². The fourth-order valence-corrected chi connectivity index (χ4v) is 4.04. The highest BCUT2D eigenvalue weighted by molar-refractivity contribution is 9.10. The van der Waals surface area contributed by atoms with E-state index in [0.29, 0.717) is 21.3 Å². The maximum Gasteiger partial charge on any atom is 0.127 e. The average Bonchev–Trinajstić information content (AvgIpc) is 2.73. The van der Waals surface area contributed by atoms with Crippen LogP contribution in [0, 0.1) is 5.82 Å². The van der Waals surface area contributed by atoms with Crippen LogP contribution in [-0.4, -0.2) is 6.54 Å². The standard InChI is InChI=1S/C14H13BrCl2FNS/c1-2-19-12(13-7-9(15)14(17)20-13)6-8-10(16)4-3-5-11(8)18/h3-5,7,12,19H,2,6H2,1H3. The Morgan fingerprint density at radius 2 is 2.15 bits per heavy atom. The van der Waals surface area contributed by atoms with Gasteiger partial charge in [-0.1, -0.05) is 36.2 Å². The van der Waals surface area contributed by atoms with Gasteiger partial charge in [0.2, 0.25) is 0 Å². The molecule has 2 rings (SSSR count). The van der Waals surface area contributed by atoms with Crippen LogP contribution in [0.15, 0.2) is 28.7 Å². The number of halogens is 4. The van der Waals surface area contributed by atoms with Crippen molar-refractivity contribution in [2.75, 3.05) is 6.54 Å². The smallest absolute Gasteiger partial charge is 0.127 e. The third-order valence-electron chi connectivity index (χ3n) is 2.93. The van der Waals surface area contributed by atoms with Gasteiger partial charge in [0.1, 0.15) is 10.2 Å². The molecule has 1 unspecified atom stereocenters. The molecule has 1 nitrogen and oxygen atoms in total. The molecule has 108 valence electrons. The van der Waals surface area contributed by atoms with Crippen LogP contribution < -0.4 is 5.32 Å². The monoisotopic (exact) mass is 395 g/mol. The van der Waals surface area contributed by atoms with E-state index in [2.05, 4.69) is 21.2 Å². The van der Waals surface area contributed by atoms with Crippen LogP contribution >= 0.6 is 50.5 Å². The molecule has 0 fully saturated rings. The van der Waals surface area contributed by atoms with Gasteiger partial charge in [0.25, 0.3) is 0 Å². The van der Waals surface area contributed by atoms with Gasteiger partial charge in [0.05, 0.1) is 0 Å². The molecule has 1 N–H and O–H groups in total. The van der Waals surface area contributed by atoms with Gasteiger partial charge in [0, 0.05) is 26.0 Å². The number of likely N-dealkylation sites (N-methyl/N-ethyl adjacent to an activating group) is 1. The van der Waals surface area contributed by atoms with Gasteiger partial charge < -0.3 is 5.32 Å². The van der Waals surface area contributed by atoms with Crippen molar-refractivity contribution in [1.29, 1.82) is 0 Å². The Balaban J connectivity index is 2.30. The second-order valence-electron chi connectivity index (χ2n) is 4.29. The van der Waals surface area contributed by atoms with E-state index in [-0.39, 0.29) is 11.9 Å². The predicted octanol–water partition coefficient (Wildman–Crippen LogP) is 5.85. The van der Waals surface area contributed by atoms with Crippen molar-refractivity contribution in [3.8, 4) is 0 Å². The van der Waals surface area contributed by atoms with Crippen molar-refractivity contribution >= 4 is 50.5 Å². The summed E-state index contributed by atoms with van der Waals surface area (Å²) in [7, 11) is 0. The van der Waals surface area contributed by atoms with Crippen LogP contribution in [0.1, 0.15) is 23.4 Å². The summed E-state index contributed by atoms with van der Waals surface area (Å²) in [4.78, 5) is 1.06. The van der Waals surface area contributed by atoms with Gasteiger partial charge in [-0.2, -0.15) is 0 Å². The average molecular weight is 397 g/mol. The van der Waals surface area contributed by atoms with E-state index in [0.717, 1.165) is 15.9 Å². The molecule has 0 amide bonds. The van der Waals surface area contributed by atoms with Crippen molar-refractivity contribution in [3.05, 3.63) is 54.4 Å². The topological polar surface area (TPSA) is 12.0 Å². The number of thiophene rings is 1. The minimum Gasteiger partial charge on any atom is -0.309 e. The Morgan fingerprint density at radius 3 is 2.70 bits per heavy atom. The molecule has 6 heteroatoms. The highest BCUT2D eigenvalue weighted by atomic mass is 79.9. The lowest BCUT2D eigenvalue weighted by molar-refractivity contribution is 0.534. The zero-order chi connectivity index (χ0) is 14.7. The molecule has 1 aromatic heterocycles. The second-order valence-corrected chi connectivity index (χ2v) is 7.23. The van der Waals surface area contributed by atoms with Crippen LogP contribution in [0.2, 0.25) is 9.36 Å². The van der Waals surface area contributed by atoms with Gasteiger partial charge in [-0.15, -0.1) is 11.3 Å². The molecule has 0 radical (unpaired) electrons. The summed E-state index contributed by atoms with van der Waals surface area (Å²) in [5, 5.41) is 3.80. The van der Waals surface area contributed by atoms with E-state index in [4.69, 9.17) is 23.2 Å². The zero-order valence-corrected chi connectivity index (χ0v) is 14.6. The maximum absolute atomic E-state index is 13.9. The van der Waals surface area contributed by atoms with Crippen molar-refractivity contribution in [3.63, 3.8) is 0 Å². The Labute approximate surface area is 140 Å². The summed E-state index contributed by atoms with van der Waals surface area (Å²) >= 11 is 17.1. The molecular weight excluding hydrogens is 384 g/mol. The van der Waals surface area contributed by atoms with E-state index in [1.165, 1.54) is 17.4 Å². The van der Waals surface area contributed by atoms with Crippen molar-refractivity contribution < 1.29 is 4.39 Å². The van der Waals surface area contributed by atoms with E-state index in [1.807, 2.05) is 13.0 Å². The number of benzene rings is 1. The van der Waals surface area contributed by atoms with Crippen LogP contribution in [0.4, 0.5) is 4.39 Å². The molecular formula is C14H13BrCl2FNS. The lowest BCUT2D eigenvalue weighted by atomic mass is 10.0. The fraction of sp³-hybridized carbons (Fsp3) is 0.286. The molecule has 0 aliphatic rings. The third kappa shape index (κ3) is 3.74. The second kappa shape index (κ2) is 7.23. The lowest BCUT2D eigenvalue weighted by Crippen LogP contribution is -2.22. The molecule has 2 aromatic rings. The first kappa shape index (κ1) is 16.2. The minimum absolute atomic E-state index is 0.0109. The SMILES string of the molecule is CCNC(Cc1c(F)cccc1Cl)c1cc(Br)c(Cl)s1. The Bertz CT molecular complexity index is 563. The minimum atomic E-state index is -0.276. The van der Waals surface area contributed by atoms with Crippen molar-refractivity contribution in [2.24, 2.45) is 0 Å². The Kier molecular flexibility index (Phi) is 5.87. The zero-order valence-electron chi connectivity index (χ0n) is 10.7. The summed E-state index contributed by atoms with van der Waals surface area (Å²) < 4.78 is 15.5. The van der Waals surface area contributed by atoms with Crippen LogP contribution in [0.25, 0.3) is 0 Å². The number of rotatable bonds is 5. The fourth-order valence-electron chi connectivity index (χ4n) is 1.99. The Morgan fingerprint density at radius 1 is 1.40 bits per heavy atom. The van der Waals surface area contributed by atoms with Gasteiger partial charge in [0.15, 0.2) is 0 Å². The first-order valence-electron chi connectivity index (χ1n) is 6.14. The van der Waals surface area contributed by atoms with E-state index >= 15 is 0 Å². The molecule has 1 aromatic carbocycles. The van der Waals surface area contributed by atoms with E-state index in [1.54, 1.807) is 12.1 Å². The molecule has 0 saturated carbocycles. The summed E-state index contributed by atoms with van der Waals surface area (Å²) in [6.45, 7) is 2.80. The number of nitrogens with one attached hydrogen (secondary N) is 1. The van der Waals surface area contributed by atoms with E-state index in [9.17, 15) is 4.39 Å². The lowest BCUT2D eigenvalue weighted by Gasteiger charge is -2.17. The highest BCUT2D eigenvalue weighted by Crippen LogP contribution is 2.37. The number of hydrogen-bond acceptors (Lipinski definition) is 2. The molecule has 0 bridgehead atoms. The van der Waals surface area contributed by atoms with Crippen molar-refractivity contribution in [1.82, 2.24) is 5.32 Å². The Hall–Kier alpha value is -0.130. The summed E-state index contributed by atoms with van der Waals surface area (Å²) in [5.41, 5.74) is 0.528. The number of hydrogen-bond donors (Lipinski definition) is 1. The molecule has 0 saturated heterocycles. The van der Waals surface area contributed by atoms with Gasteiger partial charge >= 0.3 is 0 Å². The summed E-state index contributed by atoms with van der Waals surface area (Å²) in [6, 6.07) is 6.71. The molecule has 1 atom stereocenters. The third-order valence-corrected chi connectivity index (χ3v) is 5.87. The van der Waals surface area contributed by atoms with Gasteiger partial charge in [-0.3, -0.25) is 0 Å². The van der Waals surface area contributed by atoms with Gasteiger partial charge in [-0.25, -0.2) is 4.39 Å². The van der Waals surface area contributed by atoms with Gasteiger partial charge in [-0.05, 0) is 47.1 Å². The van der Waals surface area contributed by atoms with E-state index < -0.39 is 0 Å². The molecule has 0 spiro atoms. The first-order chi connectivity index (χ1) is 9.52. The largest absolute Gasteiger partial charge is 0.309 e. The van der Waals surface area contributed by atoms with Crippen LogP contribution in [0.5, 0.6) is 0 Å². The first-order valence-corrected chi connectivity index (χ1v) is 8.50. The van der Waals surface area contributed by atoms with Crippen LogP contribution in [-0.2, 0) is 6.42 Å². The quantitative estimate of drug-likeness (QED) is 0.668. The summed E-state index contributed by atoms with van der Waals surface area (Å²) in [6.07, 6.45) is 0.489. The maximum atomic E-state index is 13.9. The molecule has 0 aliphatic heterocycles. The predicted molar refractivity (Wildman–Crippen MR) is 88.6 cm³/mol. The molecule has 1 heterocycles.